The molecule has 4 aromatic rings. The average Bonchev–Trinajstić information content (AvgIpc) is 3.34. The van der Waals surface area contributed by atoms with Crippen LogP contribution in [-0.2, 0) is 10.0 Å². The highest BCUT2D eigenvalue weighted by Crippen LogP contribution is 2.20. The van der Waals surface area contributed by atoms with Crippen LogP contribution in [-0.4, -0.2) is 23.9 Å². The van der Waals surface area contributed by atoms with E-state index in [0.717, 1.165) is 16.8 Å². The second-order valence-corrected chi connectivity index (χ2v) is 9.44. The zero-order chi connectivity index (χ0) is 23.4. The van der Waals surface area contributed by atoms with Gasteiger partial charge < -0.3 is 9.88 Å². The van der Waals surface area contributed by atoms with Crippen molar-refractivity contribution in [3.63, 3.8) is 0 Å². The Kier molecular flexibility index (Phi) is 6.28. The van der Waals surface area contributed by atoms with E-state index in [2.05, 4.69) is 15.0 Å². The molecule has 0 spiro atoms. The molecule has 1 heterocycles. The maximum Gasteiger partial charge on any atom is 0.261 e. The summed E-state index contributed by atoms with van der Waals surface area (Å²) in [5.74, 6) is -0.294. The maximum absolute atomic E-state index is 12.8. The van der Waals surface area contributed by atoms with Crippen LogP contribution in [0.5, 0.6) is 0 Å². The first kappa shape index (κ1) is 22.3. The summed E-state index contributed by atoms with van der Waals surface area (Å²) in [6, 6.07) is 20.6. The summed E-state index contributed by atoms with van der Waals surface area (Å²) in [6.45, 7) is 3.79. The fourth-order valence-corrected chi connectivity index (χ4v) is 4.42. The fourth-order valence-electron chi connectivity index (χ4n) is 3.37. The molecule has 168 valence electrons. The molecule has 0 saturated carbocycles. The van der Waals surface area contributed by atoms with Gasteiger partial charge in [0.05, 0.1) is 17.3 Å². The molecule has 0 saturated heterocycles. The van der Waals surface area contributed by atoms with Gasteiger partial charge in [-0.2, -0.15) is 0 Å². The van der Waals surface area contributed by atoms with Crippen LogP contribution >= 0.6 is 0 Å². The van der Waals surface area contributed by atoms with Crippen molar-refractivity contribution in [2.45, 2.75) is 24.8 Å². The Labute approximate surface area is 193 Å². The Hall–Kier alpha value is -3.91. The molecule has 3 aromatic carbocycles. The molecule has 4 rings (SSSR count). The van der Waals surface area contributed by atoms with Gasteiger partial charge >= 0.3 is 0 Å². The van der Waals surface area contributed by atoms with E-state index in [1.807, 2.05) is 48.9 Å². The van der Waals surface area contributed by atoms with Crippen LogP contribution in [0.2, 0.25) is 0 Å². The van der Waals surface area contributed by atoms with Crippen LogP contribution in [0, 0.1) is 6.92 Å². The lowest BCUT2D eigenvalue weighted by atomic mass is 10.1. The Bertz CT molecular complexity index is 1350. The van der Waals surface area contributed by atoms with Gasteiger partial charge in [-0.3, -0.25) is 9.52 Å². The van der Waals surface area contributed by atoms with Crippen molar-refractivity contribution in [1.29, 1.82) is 0 Å². The molecule has 2 N–H and O–H groups in total. The van der Waals surface area contributed by atoms with Gasteiger partial charge in [-0.15, -0.1) is 0 Å². The number of nitrogens with one attached hydrogen (secondary N) is 2. The van der Waals surface area contributed by atoms with Crippen molar-refractivity contribution in [3.8, 4) is 5.69 Å². The van der Waals surface area contributed by atoms with E-state index < -0.39 is 10.0 Å². The number of anilines is 1. The van der Waals surface area contributed by atoms with Crippen LogP contribution in [0.4, 0.5) is 5.69 Å². The molecule has 0 aliphatic heterocycles. The summed E-state index contributed by atoms with van der Waals surface area (Å²) in [7, 11) is -3.75. The predicted molar refractivity (Wildman–Crippen MR) is 128 cm³/mol. The molecule has 7 nitrogen and oxygen atoms in total. The molecule has 0 aliphatic rings. The minimum atomic E-state index is -3.75. The number of sulfonamides is 1. The Morgan fingerprint density at radius 2 is 1.73 bits per heavy atom. The number of aromatic nitrogens is 2. The second kappa shape index (κ2) is 9.30. The minimum absolute atomic E-state index is 0.163. The smallest absolute Gasteiger partial charge is 0.261 e. The average molecular weight is 461 g/mol. The van der Waals surface area contributed by atoms with Crippen LogP contribution in [0.25, 0.3) is 5.69 Å². The first-order chi connectivity index (χ1) is 15.8. The Balaban J connectivity index is 1.44. The summed E-state index contributed by atoms with van der Waals surface area (Å²) in [4.78, 5) is 17.0. The molecule has 33 heavy (non-hydrogen) atoms. The number of aryl methyl sites for hydroxylation is 1. The van der Waals surface area contributed by atoms with Crippen molar-refractivity contribution in [1.82, 2.24) is 14.9 Å². The molecule has 0 bridgehead atoms. The largest absolute Gasteiger partial charge is 0.346 e. The summed E-state index contributed by atoms with van der Waals surface area (Å²) < 4.78 is 29.7. The van der Waals surface area contributed by atoms with Gasteiger partial charge in [-0.1, -0.05) is 35.9 Å². The molecular weight excluding hydrogens is 436 g/mol. The molecule has 0 radical (unpaired) electrons. The molecule has 1 aromatic heterocycles. The molecule has 1 unspecified atom stereocenters. The normalized spacial score (nSPS) is 12.2. The number of amides is 1. The summed E-state index contributed by atoms with van der Waals surface area (Å²) in [5, 5.41) is 2.96. The summed E-state index contributed by atoms with van der Waals surface area (Å²) in [5.41, 5.74) is 3.58. The minimum Gasteiger partial charge on any atom is -0.346 e. The standard InChI is InChI=1S/C25H24N4O3S/c1-18-6-12-24(13-7-18)33(31,32)28-22-5-3-4-21(16-22)25(30)27-19(2)20-8-10-23(11-9-20)29-15-14-26-17-29/h3-17,19,28H,1-2H3,(H,27,30). The van der Waals surface area contributed by atoms with Crippen LogP contribution < -0.4 is 10.0 Å². The molecular formula is C25H24N4O3S. The van der Waals surface area contributed by atoms with Gasteiger partial charge in [0.25, 0.3) is 15.9 Å². The van der Waals surface area contributed by atoms with Crippen molar-refractivity contribution < 1.29 is 13.2 Å². The van der Waals surface area contributed by atoms with Crippen molar-refractivity contribution in [2.75, 3.05) is 4.72 Å². The number of benzene rings is 3. The lowest BCUT2D eigenvalue weighted by Gasteiger charge is -2.16. The number of imidazole rings is 1. The molecule has 0 aliphatic carbocycles. The van der Waals surface area contributed by atoms with E-state index in [-0.39, 0.29) is 16.8 Å². The van der Waals surface area contributed by atoms with E-state index in [1.54, 1.807) is 55.0 Å². The van der Waals surface area contributed by atoms with Crippen LogP contribution in [0.3, 0.4) is 0 Å². The van der Waals surface area contributed by atoms with Gasteiger partial charge in [-0.25, -0.2) is 13.4 Å². The first-order valence-corrected chi connectivity index (χ1v) is 11.9. The molecule has 1 atom stereocenters. The topological polar surface area (TPSA) is 93.1 Å². The number of carbonyl (C=O) groups excluding carboxylic acids is 1. The van der Waals surface area contributed by atoms with E-state index in [9.17, 15) is 13.2 Å². The third-order valence-electron chi connectivity index (χ3n) is 5.25. The third-order valence-corrected chi connectivity index (χ3v) is 6.65. The maximum atomic E-state index is 12.8. The van der Waals surface area contributed by atoms with E-state index in [4.69, 9.17) is 0 Å². The lowest BCUT2D eigenvalue weighted by molar-refractivity contribution is 0.0940. The highest BCUT2D eigenvalue weighted by Gasteiger charge is 2.16. The highest BCUT2D eigenvalue weighted by atomic mass is 32.2. The van der Waals surface area contributed by atoms with Gasteiger partial charge in [0.2, 0.25) is 0 Å². The van der Waals surface area contributed by atoms with Gasteiger partial charge in [0, 0.05) is 29.3 Å². The van der Waals surface area contributed by atoms with Crippen molar-refractivity contribution >= 4 is 21.6 Å². The highest BCUT2D eigenvalue weighted by molar-refractivity contribution is 7.92. The van der Waals surface area contributed by atoms with Crippen molar-refractivity contribution in [2.24, 2.45) is 0 Å². The third kappa shape index (κ3) is 5.30. The van der Waals surface area contributed by atoms with Crippen molar-refractivity contribution in [3.05, 3.63) is 108 Å². The van der Waals surface area contributed by atoms with Crippen LogP contribution in [0.15, 0.2) is 96.4 Å². The number of carbonyl (C=O) groups is 1. The van der Waals surface area contributed by atoms with Gasteiger partial charge in [0.15, 0.2) is 0 Å². The Morgan fingerprint density at radius 3 is 2.39 bits per heavy atom. The van der Waals surface area contributed by atoms with E-state index in [1.165, 1.54) is 6.07 Å². The van der Waals surface area contributed by atoms with E-state index >= 15 is 0 Å². The predicted octanol–water partition coefficient (Wildman–Crippen LogP) is 4.47. The SMILES string of the molecule is Cc1ccc(S(=O)(=O)Nc2cccc(C(=O)NC(C)c3ccc(-n4ccnc4)cc3)c2)cc1. The van der Waals surface area contributed by atoms with Crippen LogP contribution in [0.1, 0.15) is 34.5 Å². The molecule has 0 fully saturated rings. The lowest BCUT2D eigenvalue weighted by Crippen LogP contribution is -2.26. The number of hydrogen-bond acceptors (Lipinski definition) is 4. The number of nitrogens with zero attached hydrogens (tertiary/aromatic N) is 2. The first-order valence-electron chi connectivity index (χ1n) is 10.4. The molecule has 8 heteroatoms. The zero-order valence-electron chi connectivity index (χ0n) is 18.3. The van der Waals surface area contributed by atoms with E-state index in [0.29, 0.717) is 11.3 Å². The quantitative estimate of drug-likeness (QED) is 0.425. The second-order valence-electron chi connectivity index (χ2n) is 7.76. The van der Waals surface area contributed by atoms with Gasteiger partial charge in [-0.05, 0) is 61.9 Å². The summed E-state index contributed by atoms with van der Waals surface area (Å²) >= 11 is 0. The molecule has 1 amide bonds. The monoisotopic (exact) mass is 460 g/mol. The number of rotatable bonds is 7. The summed E-state index contributed by atoms with van der Waals surface area (Å²) in [6.07, 6.45) is 5.30. The Morgan fingerprint density at radius 1 is 1.00 bits per heavy atom. The fraction of sp³-hybridized carbons (Fsp3) is 0.120. The van der Waals surface area contributed by atoms with Gasteiger partial charge in [0.1, 0.15) is 0 Å². The zero-order valence-corrected chi connectivity index (χ0v) is 19.1. The number of hydrogen-bond donors (Lipinski definition) is 2.